The summed E-state index contributed by atoms with van der Waals surface area (Å²) in [6.07, 6.45) is 2.53. The minimum Gasteiger partial charge on any atom is -0.476 e. The quantitative estimate of drug-likeness (QED) is 0.801. The predicted octanol–water partition coefficient (Wildman–Crippen LogP) is 3.71. The van der Waals surface area contributed by atoms with E-state index in [0.717, 1.165) is 23.1 Å². The Balaban J connectivity index is 2.18. The lowest BCUT2D eigenvalue weighted by molar-refractivity contribution is 0.0692. The van der Waals surface area contributed by atoms with Crippen LogP contribution in [0.1, 0.15) is 10.5 Å². The van der Waals surface area contributed by atoms with Gasteiger partial charge in [-0.05, 0) is 11.6 Å². The zero-order valence-corrected chi connectivity index (χ0v) is 11.5. The molecule has 0 amide bonds. The maximum absolute atomic E-state index is 13.8. The summed E-state index contributed by atoms with van der Waals surface area (Å²) in [5.41, 5.74) is 0.921. The number of hydrogen-bond acceptors (Lipinski definition) is 4. The topological polar surface area (TPSA) is 63.1 Å². The Hall–Kier alpha value is -2.60. The van der Waals surface area contributed by atoms with Crippen LogP contribution in [0.25, 0.3) is 21.0 Å². The molecule has 0 saturated carbocycles. The summed E-state index contributed by atoms with van der Waals surface area (Å²) in [6, 6.07) is 10.5. The molecular weight excluding hydrogens is 291 g/mol. The molecule has 1 aromatic carbocycles. The third kappa shape index (κ3) is 2.53. The van der Waals surface area contributed by atoms with Gasteiger partial charge >= 0.3 is 5.97 Å². The number of carboxylic acids is 1. The van der Waals surface area contributed by atoms with E-state index in [0.29, 0.717) is 9.88 Å². The van der Waals surface area contributed by atoms with Crippen LogP contribution in [0.5, 0.6) is 0 Å². The number of carbonyl (C=O) groups is 1. The van der Waals surface area contributed by atoms with Gasteiger partial charge < -0.3 is 5.11 Å². The normalized spacial score (nSPS) is 10.5. The second-order valence-corrected chi connectivity index (χ2v) is 5.22. The highest BCUT2D eigenvalue weighted by Gasteiger charge is 2.20. The number of hydrogen-bond donors (Lipinski definition) is 1. The van der Waals surface area contributed by atoms with Gasteiger partial charge in [-0.1, -0.05) is 30.3 Å². The highest BCUT2D eigenvalue weighted by Crippen LogP contribution is 2.36. The number of rotatable bonds is 3. The molecule has 21 heavy (non-hydrogen) atoms. The van der Waals surface area contributed by atoms with Crippen LogP contribution in [0.4, 0.5) is 4.39 Å². The van der Waals surface area contributed by atoms with E-state index in [1.165, 1.54) is 12.3 Å². The molecule has 2 aromatic heterocycles. The average molecular weight is 300 g/mol. The van der Waals surface area contributed by atoms with Gasteiger partial charge in [-0.3, -0.25) is 4.98 Å². The molecule has 3 rings (SSSR count). The Kier molecular flexibility index (Phi) is 3.45. The maximum atomic E-state index is 13.8. The summed E-state index contributed by atoms with van der Waals surface area (Å²) >= 11 is 1.15. The Morgan fingerprint density at radius 1 is 1.19 bits per heavy atom. The fraction of sp³-hybridized carbons (Fsp3) is 0. The van der Waals surface area contributed by atoms with Gasteiger partial charge in [0.05, 0.1) is 11.1 Å². The molecule has 0 atom stereocenters. The molecule has 4 nitrogen and oxygen atoms in total. The Bertz CT molecular complexity index is 802. The van der Waals surface area contributed by atoms with Gasteiger partial charge in [-0.25, -0.2) is 14.2 Å². The SMILES string of the molecule is O=C(O)c1nc(-c2ccncc2F)sc1-c1ccccc1. The molecule has 6 heteroatoms. The third-order valence-corrected chi connectivity index (χ3v) is 4.01. The van der Waals surface area contributed by atoms with Gasteiger partial charge in [0.1, 0.15) is 5.01 Å². The van der Waals surface area contributed by atoms with Crippen LogP contribution in [-0.4, -0.2) is 21.0 Å². The van der Waals surface area contributed by atoms with E-state index in [1.807, 2.05) is 18.2 Å². The number of benzene rings is 1. The molecular formula is C15H9FN2O2S. The van der Waals surface area contributed by atoms with Crippen LogP contribution in [0.3, 0.4) is 0 Å². The van der Waals surface area contributed by atoms with Gasteiger partial charge in [0.15, 0.2) is 11.5 Å². The number of halogens is 1. The van der Waals surface area contributed by atoms with E-state index in [4.69, 9.17) is 0 Å². The zero-order valence-electron chi connectivity index (χ0n) is 10.7. The van der Waals surface area contributed by atoms with Crippen molar-refractivity contribution >= 4 is 17.3 Å². The van der Waals surface area contributed by atoms with E-state index in [9.17, 15) is 14.3 Å². The third-order valence-electron chi connectivity index (χ3n) is 2.87. The van der Waals surface area contributed by atoms with Crippen molar-refractivity contribution in [3.8, 4) is 21.0 Å². The highest BCUT2D eigenvalue weighted by atomic mass is 32.1. The Morgan fingerprint density at radius 3 is 2.62 bits per heavy atom. The largest absolute Gasteiger partial charge is 0.476 e. The van der Waals surface area contributed by atoms with Gasteiger partial charge in [-0.2, -0.15) is 0 Å². The molecule has 0 fully saturated rings. The van der Waals surface area contributed by atoms with E-state index >= 15 is 0 Å². The molecule has 2 heterocycles. The van der Waals surface area contributed by atoms with E-state index in [-0.39, 0.29) is 11.3 Å². The molecule has 1 N–H and O–H groups in total. The number of thiazole rings is 1. The van der Waals surface area contributed by atoms with E-state index in [2.05, 4.69) is 9.97 Å². The summed E-state index contributed by atoms with van der Waals surface area (Å²) in [5.74, 6) is -1.66. The van der Waals surface area contributed by atoms with Crippen LogP contribution in [0.15, 0.2) is 48.8 Å². The zero-order chi connectivity index (χ0) is 14.8. The fourth-order valence-corrected chi connectivity index (χ4v) is 3.00. The first-order valence-electron chi connectivity index (χ1n) is 6.06. The molecule has 0 radical (unpaired) electrons. The number of aromatic nitrogens is 2. The number of pyridine rings is 1. The van der Waals surface area contributed by atoms with Gasteiger partial charge in [0.2, 0.25) is 0 Å². The number of aromatic carboxylic acids is 1. The first kappa shape index (κ1) is 13.4. The molecule has 0 aliphatic carbocycles. The van der Waals surface area contributed by atoms with Gasteiger partial charge in [0, 0.05) is 11.8 Å². The van der Waals surface area contributed by atoms with Crippen molar-refractivity contribution in [1.29, 1.82) is 0 Å². The smallest absolute Gasteiger partial charge is 0.356 e. The standard InChI is InChI=1S/C15H9FN2O2S/c16-11-8-17-7-6-10(11)14-18-12(15(19)20)13(21-14)9-4-2-1-3-5-9/h1-8H,(H,19,20). The fourth-order valence-electron chi connectivity index (χ4n) is 1.91. The number of carboxylic acid groups (broad SMARTS) is 1. The van der Waals surface area contributed by atoms with Crippen LogP contribution in [-0.2, 0) is 0 Å². The lowest BCUT2D eigenvalue weighted by atomic mass is 10.1. The van der Waals surface area contributed by atoms with Gasteiger partial charge in [0.25, 0.3) is 0 Å². The van der Waals surface area contributed by atoms with E-state index < -0.39 is 11.8 Å². The maximum Gasteiger partial charge on any atom is 0.356 e. The van der Waals surface area contributed by atoms with Crippen molar-refractivity contribution in [2.24, 2.45) is 0 Å². The predicted molar refractivity (Wildman–Crippen MR) is 77.7 cm³/mol. The average Bonchev–Trinajstić information content (AvgIpc) is 2.94. The van der Waals surface area contributed by atoms with Crippen molar-refractivity contribution < 1.29 is 14.3 Å². The summed E-state index contributed by atoms with van der Waals surface area (Å²) in [7, 11) is 0. The van der Waals surface area contributed by atoms with Crippen LogP contribution in [0, 0.1) is 5.82 Å². The Labute approximate surface area is 123 Å². The first-order valence-corrected chi connectivity index (χ1v) is 6.88. The van der Waals surface area contributed by atoms with Crippen LogP contribution >= 0.6 is 11.3 Å². The minimum atomic E-state index is -1.13. The molecule has 0 spiro atoms. The highest BCUT2D eigenvalue weighted by molar-refractivity contribution is 7.18. The van der Waals surface area contributed by atoms with Gasteiger partial charge in [-0.15, -0.1) is 11.3 Å². The lowest BCUT2D eigenvalue weighted by Gasteiger charge is -1.97. The van der Waals surface area contributed by atoms with Crippen LogP contribution < -0.4 is 0 Å². The second kappa shape index (κ2) is 5.41. The molecule has 0 aliphatic rings. The molecule has 0 saturated heterocycles. The summed E-state index contributed by atoms with van der Waals surface area (Å²) < 4.78 is 13.8. The molecule has 3 aromatic rings. The Morgan fingerprint density at radius 2 is 1.95 bits per heavy atom. The minimum absolute atomic E-state index is 0.0718. The van der Waals surface area contributed by atoms with Crippen molar-refractivity contribution in [2.45, 2.75) is 0 Å². The van der Waals surface area contributed by atoms with Crippen molar-refractivity contribution in [3.63, 3.8) is 0 Å². The molecule has 0 aliphatic heterocycles. The van der Waals surface area contributed by atoms with Crippen LogP contribution in [0.2, 0.25) is 0 Å². The number of nitrogens with zero attached hydrogens (tertiary/aromatic N) is 2. The molecule has 0 unspecified atom stereocenters. The van der Waals surface area contributed by atoms with Crippen molar-refractivity contribution in [3.05, 3.63) is 60.3 Å². The molecule has 104 valence electrons. The molecule has 0 bridgehead atoms. The first-order chi connectivity index (χ1) is 10.2. The summed E-state index contributed by atoms with van der Waals surface area (Å²) in [5, 5.41) is 9.62. The van der Waals surface area contributed by atoms with E-state index in [1.54, 1.807) is 12.1 Å². The summed E-state index contributed by atoms with van der Waals surface area (Å²) in [6.45, 7) is 0. The second-order valence-electron chi connectivity index (χ2n) is 4.22. The monoisotopic (exact) mass is 300 g/mol. The van der Waals surface area contributed by atoms with Crippen molar-refractivity contribution in [1.82, 2.24) is 9.97 Å². The van der Waals surface area contributed by atoms with Crippen molar-refractivity contribution in [2.75, 3.05) is 0 Å². The summed E-state index contributed by atoms with van der Waals surface area (Å²) in [4.78, 5) is 19.6. The lowest BCUT2D eigenvalue weighted by Crippen LogP contribution is -1.98.